The Hall–Kier alpha value is -1.89. The van der Waals surface area contributed by atoms with Gasteiger partial charge in [0.05, 0.1) is 11.2 Å². The first-order chi connectivity index (χ1) is 12.3. The fraction of sp³-hybridized carbons (Fsp3) is 0.350. The molecule has 0 atom stereocenters. The van der Waals surface area contributed by atoms with Crippen molar-refractivity contribution in [2.24, 2.45) is 0 Å². The normalized spacial score (nSPS) is 17.8. The van der Waals surface area contributed by atoms with E-state index in [-0.39, 0.29) is 18.3 Å². The van der Waals surface area contributed by atoms with Crippen LogP contribution in [0.1, 0.15) is 33.3 Å². The van der Waals surface area contributed by atoms with Crippen LogP contribution in [0.5, 0.6) is 0 Å². The van der Waals surface area contributed by atoms with Gasteiger partial charge in [-0.15, -0.1) is 0 Å². The third-order valence-electron chi connectivity index (χ3n) is 4.90. The number of rotatable bonds is 4. The molecule has 4 nitrogen and oxygen atoms in total. The molecular formula is C20H24BNO3S. The van der Waals surface area contributed by atoms with E-state index in [1.54, 1.807) is 0 Å². The Morgan fingerprint density at radius 1 is 0.962 bits per heavy atom. The zero-order valence-corrected chi connectivity index (χ0v) is 16.4. The minimum Gasteiger partial charge on any atom is -0.466 e. The number of para-hydroxylation sites is 1. The Labute approximate surface area is 161 Å². The Morgan fingerprint density at radius 3 is 2.12 bits per heavy atom. The van der Waals surface area contributed by atoms with Gasteiger partial charge in [-0.1, -0.05) is 42.5 Å². The third-order valence-corrected chi connectivity index (χ3v) is 5.12. The van der Waals surface area contributed by atoms with Crippen molar-refractivity contribution in [2.45, 2.75) is 45.5 Å². The van der Waals surface area contributed by atoms with Gasteiger partial charge in [-0.3, -0.25) is 0 Å². The van der Waals surface area contributed by atoms with E-state index in [4.69, 9.17) is 26.3 Å². The molecule has 0 aromatic heterocycles. The van der Waals surface area contributed by atoms with E-state index in [0.717, 1.165) is 16.7 Å². The largest absolute Gasteiger partial charge is 0.494 e. The van der Waals surface area contributed by atoms with Gasteiger partial charge in [-0.05, 0) is 63.1 Å². The lowest BCUT2D eigenvalue weighted by Crippen LogP contribution is -2.41. The number of thiocarbonyl (C=S) groups is 1. The first kappa shape index (κ1) is 18.9. The van der Waals surface area contributed by atoms with Crippen LogP contribution in [0.2, 0.25) is 0 Å². The molecule has 0 radical (unpaired) electrons. The third kappa shape index (κ3) is 4.26. The van der Waals surface area contributed by atoms with E-state index in [0.29, 0.717) is 11.8 Å². The van der Waals surface area contributed by atoms with Crippen molar-refractivity contribution < 1.29 is 14.0 Å². The standard InChI is InChI=1S/C20H24BNO3S/c1-19(2)20(3,4)25-21(24-19)16-12-10-15(11-13-16)14-23-18(26)22-17-8-6-5-7-9-17/h5-13H,14H2,1-4H3,(H,22,26). The van der Waals surface area contributed by atoms with Crippen LogP contribution in [0.4, 0.5) is 5.69 Å². The summed E-state index contributed by atoms with van der Waals surface area (Å²) in [5, 5.41) is 3.41. The minimum atomic E-state index is -0.351. The molecule has 0 saturated carbocycles. The molecule has 1 saturated heterocycles. The van der Waals surface area contributed by atoms with Crippen LogP contribution in [-0.4, -0.2) is 23.5 Å². The smallest absolute Gasteiger partial charge is 0.466 e. The molecule has 0 amide bonds. The molecule has 1 fully saturated rings. The molecule has 2 aromatic carbocycles. The van der Waals surface area contributed by atoms with E-state index in [9.17, 15) is 0 Å². The van der Waals surface area contributed by atoms with E-state index < -0.39 is 0 Å². The van der Waals surface area contributed by atoms with Gasteiger partial charge in [-0.25, -0.2) is 0 Å². The van der Waals surface area contributed by atoms with Crippen molar-refractivity contribution in [3.05, 3.63) is 60.2 Å². The second-order valence-electron chi connectivity index (χ2n) is 7.40. The summed E-state index contributed by atoms with van der Waals surface area (Å²) in [4.78, 5) is 0. The molecule has 1 aliphatic rings. The Morgan fingerprint density at radius 2 is 1.54 bits per heavy atom. The molecule has 0 unspecified atom stereocenters. The number of benzene rings is 2. The average molecular weight is 369 g/mol. The maximum atomic E-state index is 6.07. The van der Waals surface area contributed by atoms with E-state index in [2.05, 4.69) is 33.0 Å². The van der Waals surface area contributed by atoms with Crippen LogP contribution < -0.4 is 10.8 Å². The summed E-state index contributed by atoms with van der Waals surface area (Å²) in [5.74, 6) is 0. The van der Waals surface area contributed by atoms with Crippen LogP contribution in [0, 0.1) is 0 Å². The molecule has 0 bridgehead atoms. The SMILES string of the molecule is CC1(C)OB(c2ccc(COC(=S)Nc3ccccc3)cc2)OC1(C)C. The van der Waals surface area contributed by atoms with Crippen LogP contribution in [-0.2, 0) is 20.7 Å². The van der Waals surface area contributed by atoms with Crippen LogP contribution >= 0.6 is 12.2 Å². The molecule has 1 heterocycles. The maximum absolute atomic E-state index is 6.07. The van der Waals surface area contributed by atoms with Gasteiger partial charge in [0.1, 0.15) is 6.61 Å². The first-order valence-electron chi connectivity index (χ1n) is 8.70. The minimum absolute atomic E-state index is 0.339. The monoisotopic (exact) mass is 369 g/mol. The highest BCUT2D eigenvalue weighted by molar-refractivity contribution is 7.80. The maximum Gasteiger partial charge on any atom is 0.494 e. The van der Waals surface area contributed by atoms with Gasteiger partial charge in [0.15, 0.2) is 0 Å². The second-order valence-corrected chi connectivity index (χ2v) is 7.77. The van der Waals surface area contributed by atoms with Gasteiger partial charge in [0, 0.05) is 5.69 Å². The Bertz CT molecular complexity index is 746. The zero-order valence-electron chi connectivity index (χ0n) is 15.6. The zero-order chi connectivity index (χ0) is 18.8. The Kier molecular flexibility index (Phi) is 5.37. The topological polar surface area (TPSA) is 39.7 Å². The number of nitrogens with one attached hydrogen (secondary N) is 1. The summed E-state index contributed by atoms with van der Waals surface area (Å²) in [5.41, 5.74) is 2.26. The second kappa shape index (κ2) is 7.39. The highest BCUT2D eigenvalue weighted by Crippen LogP contribution is 2.36. The van der Waals surface area contributed by atoms with Gasteiger partial charge in [0.25, 0.3) is 5.17 Å². The highest BCUT2D eigenvalue weighted by atomic mass is 32.1. The van der Waals surface area contributed by atoms with Crippen molar-refractivity contribution in [1.29, 1.82) is 0 Å². The molecule has 6 heteroatoms. The molecule has 1 aliphatic heterocycles. The summed E-state index contributed by atoms with van der Waals surface area (Å²) < 4.78 is 17.8. The van der Waals surface area contributed by atoms with Crippen molar-refractivity contribution in [3.8, 4) is 0 Å². The molecular weight excluding hydrogens is 345 g/mol. The fourth-order valence-electron chi connectivity index (χ4n) is 2.57. The summed E-state index contributed by atoms with van der Waals surface area (Å²) in [6, 6.07) is 17.7. The molecule has 2 aromatic rings. The van der Waals surface area contributed by atoms with Crippen LogP contribution in [0.25, 0.3) is 0 Å². The lowest BCUT2D eigenvalue weighted by atomic mass is 9.79. The van der Waals surface area contributed by atoms with Gasteiger partial charge < -0.3 is 19.4 Å². The summed E-state index contributed by atoms with van der Waals surface area (Å²) in [6.07, 6.45) is 0. The van der Waals surface area contributed by atoms with Crippen LogP contribution in [0.15, 0.2) is 54.6 Å². The molecule has 0 spiro atoms. The van der Waals surface area contributed by atoms with Gasteiger partial charge in [-0.2, -0.15) is 0 Å². The predicted octanol–water partition coefficient (Wildman–Crippen LogP) is 3.90. The van der Waals surface area contributed by atoms with E-state index in [1.165, 1.54) is 0 Å². The highest BCUT2D eigenvalue weighted by Gasteiger charge is 2.51. The summed E-state index contributed by atoms with van der Waals surface area (Å²) in [6.45, 7) is 8.61. The summed E-state index contributed by atoms with van der Waals surface area (Å²) >= 11 is 5.23. The van der Waals surface area contributed by atoms with Crippen molar-refractivity contribution in [1.82, 2.24) is 0 Å². The number of hydrogen-bond donors (Lipinski definition) is 1. The predicted molar refractivity (Wildman–Crippen MR) is 110 cm³/mol. The van der Waals surface area contributed by atoms with Crippen LogP contribution in [0.3, 0.4) is 0 Å². The molecule has 0 aliphatic carbocycles. The molecule has 26 heavy (non-hydrogen) atoms. The molecule has 3 rings (SSSR count). The van der Waals surface area contributed by atoms with Crippen molar-refractivity contribution in [3.63, 3.8) is 0 Å². The lowest BCUT2D eigenvalue weighted by molar-refractivity contribution is 0.00578. The van der Waals surface area contributed by atoms with E-state index in [1.807, 2.05) is 54.6 Å². The fourth-order valence-corrected chi connectivity index (χ4v) is 2.75. The molecule has 1 N–H and O–H groups in total. The molecule has 136 valence electrons. The van der Waals surface area contributed by atoms with Gasteiger partial charge >= 0.3 is 7.12 Å². The van der Waals surface area contributed by atoms with Crippen molar-refractivity contribution in [2.75, 3.05) is 5.32 Å². The first-order valence-corrected chi connectivity index (χ1v) is 9.11. The van der Waals surface area contributed by atoms with E-state index >= 15 is 0 Å². The van der Waals surface area contributed by atoms with Gasteiger partial charge in [0.2, 0.25) is 0 Å². The number of hydrogen-bond acceptors (Lipinski definition) is 4. The number of anilines is 1. The number of ether oxygens (including phenoxy) is 1. The Balaban J connectivity index is 1.54. The quantitative estimate of drug-likeness (QED) is 0.654. The summed E-state index contributed by atoms with van der Waals surface area (Å²) in [7, 11) is -0.351. The van der Waals surface area contributed by atoms with Crippen molar-refractivity contribution >= 4 is 35.7 Å². The lowest BCUT2D eigenvalue weighted by Gasteiger charge is -2.32. The average Bonchev–Trinajstić information content (AvgIpc) is 2.82.